The number of fused-ring (bicyclic) bond motifs is 1. The van der Waals surface area contributed by atoms with Gasteiger partial charge in [-0.05, 0) is 29.8 Å². The van der Waals surface area contributed by atoms with Crippen LogP contribution in [0.25, 0.3) is 5.57 Å². The summed E-state index contributed by atoms with van der Waals surface area (Å²) in [5.41, 5.74) is 3.08. The molecule has 0 fully saturated rings. The van der Waals surface area contributed by atoms with Gasteiger partial charge < -0.3 is 4.74 Å². The third-order valence-electron chi connectivity index (χ3n) is 3.83. The second-order valence-corrected chi connectivity index (χ2v) is 7.17. The van der Waals surface area contributed by atoms with Crippen molar-refractivity contribution in [2.24, 2.45) is 10.1 Å². The Morgan fingerprint density at radius 3 is 2.76 bits per heavy atom. The molecule has 0 amide bonds. The van der Waals surface area contributed by atoms with E-state index in [0.29, 0.717) is 11.3 Å². The van der Waals surface area contributed by atoms with Crippen LogP contribution in [0, 0.1) is 0 Å². The smallest absolute Gasteiger partial charge is 0.302 e. The molecule has 0 bridgehead atoms. The van der Waals surface area contributed by atoms with Crippen LogP contribution < -0.4 is 5.14 Å². The topological polar surface area (TPSA) is 98.8 Å². The minimum atomic E-state index is -3.97. The summed E-state index contributed by atoms with van der Waals surface area (Å²) in [5, 5.41) is 5.22. The van der Waals surface area contributed by atoms with Crippen LogP contribution in [0.5, 0.6) is 0 Å². The monoisotopic (exact) mass is 362 g/mol. The number of benzene rings is 1. The van der Waals surface area contributed by atoms with Crippen molar-refractivity contribution >= 4 is 27.3 Å². The molecule has 0 aromatic heterocycles. The van der Waals surface area contributed by atoms with Gasteiger partial charge in [0.2, 0.25) is 10.0 Å². The van der Waals surface area contributed by atoms with Crippen molar-refractivity contribution in [2.45, 2.75) is 24.8 Å². The lowest BCUT2D eigenvalue weighted by Gasteiger charge is -2.14. The van der Waals surface area contributed by atoms with Crippen molar-refractivity contribution in [2.75, 3.05) is 0 Å². The first-order chi connectivity index (χ1) is 11.8. The van der Waals surface area contributed by atoms with Crippen LogP contribution in [-0.2, 0) is 26.2 Å². The third kappa shape index (κ3) is 3.59. The van der Waals surface area contributed by atoms with Crippen LogP contribution in [0.4, 0.5) is 4.39 Å². The van der Waals surface area contributed by atoms with E-state index < -0.39 is 16.0 Å². The molecule has 0 saturated heterocycles. The Bertz CT molecular complexity index is 988. The zero-order valence-electron chi connectivity index (χ0n) is 13.3. The first kappa shape index (κ1) is 17.2. The quantitative estimate of drug-likeness (QED) is 0.831. The normalized spacial score (nSPS) is 16.4. The van der Waals surface area contributed by atoms with Crippen molar-refractivity contribution in [3.05, 3.63) is 59.1 Å². The maximum absolute atomic E-state index is 13.4. The summed E-state index contributed by atoms with van der Waals surface area (Å²) in [7, 11) is -3.97. The highest BCUT2D eigenvalue weighted by molar-refractivity contribution is 7.89. The van der Waals surface area contributed by atoms with Gasteiger partial charge in [0, 0.05) is 36.3 Å². The first-order valence-corrected chi connectivity index (χ1v) is 8.94. The predicted molar refractivity (Wildman–Crippen MR) is 90.6 cm³/mol. The molecule has 25 heavy (non-hydrogen) atoms. The molecule has 6 nitrogen and oxygen atoms in total. The number of nitrogens with zero attached hydrogens (tertiary/aromatic N) is 1. The van der Waals surface area contributed by atoms with E-state index in [1.54, 1.807) is 24.4 Å². The molecule has 130 valence electrons. The highest BCUT2D eigenvalue weighted by atomic mass is 32.2. The van der Waals surface area contributed by atoms with Gasteiger partial charge in [0.25, 0.3) is 0 Å². The molecule has 0 atom stereocenters. The van der Waals surface area contributed by atoms with Crippen molar-refractivity contribution in [3.8, 4) is 0 Å². The average Bonchev–Trinajstić information content (AvgIpc) is 2.94. The lowest BCUT2D eigenvalue weighted by molar-refractivity contribution is -0.142. The largest absolute Gasteiger partial charge is 0.461 e. The van der Waals surface area contributed by atoms with Crippen molar-refractivity contribution in [1.29, 1.82) is 0 Å². The molecule has 1 aromatic rings. The summed E-state index contributed by atoms with van der Waals surface area (Å²) < 4.78 is 41.7. The molecule has 1 aliphatic heterocycles. The number of sulfonamides is 1. The summed E-state index contributed by atoms with van der Waals surface area (Å²) in [4.78, 5) is 15.2. The number of nitrogens with two attached hydrogens (primary N) is 1. The van der Waals surface area contributed by atoms with Crippen LogP contribution in [-0.4, -0.2) is 20.1 Å². The van der Waals surface area contributed by atoms with E-state index >= 15 is 0 Å². The van der Waals surface area contributed by atoms with Crippen molar-refractivity contribution in [3.63, 3.8) is 0 Å². The first-order valence-electron chi connectivity index (χ1n) is 7.39. The number of aliphatic imine (C=N–C) groups is 1. The molecule has 2 N–H and O–H groups in total. The van der Waals surface area contributed by atoms with Crippen LogP contribution in [0.3, 0.4) is 0 Å². The fraction of sp³-hybridized carbons (Fsp3) is 0.176. The third-order valence-corrected chi connectivity index (χ3v) is 4.84. The molecule has 0 saturated carbocycles. The van der Waals surface area contributed by atoms with Gasteiger partial charge in [-0.15, -0.1) is 0 Å². The van der Waals surface area contributed by atoms with Gasteiger partial charge in [0.05, 0.1) is 10.6 Å². The molecule has 2 aliphatic rings. The number of primary sulfonamides is 1. The Morgan fingerprint density at radius 2 is 2.08 bits per heavy atom. The van der Waals surface area contributed by atoms with E-state index in [1.807, 2.05) is 0 Å². The Balaban J connectivity index is 2.01. The van der Waals surface area contributed by atoms with Crippen LogP contribution in [0.15, 0.2) is 57.8 Å². The van der Waals surface area contributed by atoms with Crippen LogP contribution in [0.2, 0.25) is 0 Å². The molecule has 0 radical (unpaired) electrons. The molecular weight excluding hydrogens is 347 g/mol. The van der Waals surface area contributed by atoms with E-state index in [1.165, 1.54) is 19.1 Å². The molecule has 8 heteroatoms. The lowest BCUT2D eigenvalue weighted by Crippen LogP contribution is -2.16. The maximum Gasteiger partial charge on any atom is 0.302 e. The SMILES string of the molecule is CC(=O)OCc1cc(C2=CN=C3CC(F)=CC=C23)ccc1S(N)(=O)=O. The maximum atomic E-state index is 13.4. The summed E-state index contributed by atoms with van der Waals surface area (Å²) in [6.07, 6.45) is 4.75. The van der Waals surface area contributed by atoms with Gasteiger partial charge in [-0.1, -0.05) is 6.07 Å². The lowest BCUT2D eigenvalue weighted by atomic mass is 9.92. The summed E-state index contributed by atoms with van der Waals surface area (Å²) >= 11 is 0. The van der Waals surface area contributed by atoms with Crippen molar-refractivity contribution in [1.82, 2.24) is 0 Å². The van der Waals surface area contributed by atoms with Gasteiger partial charge in [-0.2, -0.15) is 0 Å². The number of esters is 1. The minimum absolute atomic E-state index is 0.110. The van der Waals surface area contributed by atoms with Crippen molar-refractivity contribution < 1.29 is 22.3 Å². The Kier molecular flexibility index (Phi) is 4.40. The Labute approximate surface area is 144 Å². The highest BCUT2D eigenvalue weighted by Crippen LogP contribution is 2.35. The Hall–Kier alpha value is -2.58. The standard InChI is InChI=1S/C17H15FN2O4S/c1-10(21)24-9-12-6-11(2-5-17(12)25(19,22)23)15-8-20-16-7-13(18)3-4-14(15)16/h2-6,8H,7,9H2,1H3,(H2,19,22,23). The van der Waals surface area contributed by atoms with Gasteiger partial charge >= 0.3 is 5.97 Å². The highest BCUT2D eigenvalue weighted by Gasteiger charge is 2.24. The molecule has 1 aliphatic carbocycles. The van der Waals surface area contributed by atoms with E-state index in [-0.39, 0.29) is 29.3 Å². The number of allylic oxidation sites excluding steroid dienone is 5. The minimum Gasteiger partial charge on any atom is -0.461 e. The zero-order chi connectivity index (χ0) is 18.2. The van der Waals surface area contributed by atoms with Gasteiger partial charge in [-0.25, -0.2) is 17.9 Å². The van der Waals surface area contributed by atoms with E-state index in [0.717, 1.165) is 11.1 Å². The molecule has 1 aromatic carbocycles. The van der Waals surface area contributed by atoms with Gasteiger partial charge in [-0.3, -0.25) is 9.79 Å². The summed E-state index contributed by atoms with van der Waals surface area (Å²) in [5.74, 6) is -0.802. The zero-order valence-corrected chi connectivity index (χ0v) is 14.1. The molecule has 3 rings (SSSR count). The number of hydrogen-bond donors (Lipinski definition) is 1. The number of carbonyl (C=O) groups is 1. The summed E-state index contributed by atoms with van der Waals surface area (Å²) in [6.45, 7) is 1.01. The summed E-state index contributed by atoms with van der Waals surface area (Å²) in [6, 6.07) is 4.54. The van der Waals surface area contributed by atoms with Crippen LogP contribution >= 0.6 is 0 Å². The Morgan fingerprint density at radius 1 is 1.32 bits per heavy atom. The van der Waals surface area contributed by atoms with E-state index in [9.17, 15) is 17.6 Å². The van der Waals surface area contributed by atoms with E-state index in [4.69, 9.17) is 9.88 Å². The number of ether oxygens (including phenoxy) is 1. The van der Waals surface area contributed by atoms with Gasteiger partial charge in [0.1, 0.15) is 12.4 Å². The average molecular weight is 362 g/mol. The van der Waals surface area contributed by atoms with Crippen LogP contribution in [0.1, 0.15) is 24.5 Å². The molecule has 0 unspecified atom stereocenters. The fourth-order valence-corrected chi connectivity index (χ4v) is 3.44. The molecular formula is C17H15FN2O4S. The second kappa shape index (κ2) is 6.38. The predicted octanol–water partition coefficient (Wildman–Crippen LogP) is 2.38. The second-order valence-electron chi connectivity index (χ2n) is 5.64. The molecule has 1 heterocycles. The number of carbonyl (C=O) groups excluding carboxylic acids is 1. The number of hydrogen-bond acceptors (Lipinski definition) is 5. The number of rotatable bonds is 4. The van der Waals surface area contributed by atoms with E-state index in [2.05, 4.69) is 4.99 Å². The van der Waals surface area contributed by atoms with Gasteiger partial charge in [0.15, 0.2) is 0 Å². The number of halogens is 1. The molecule has 0 spiro atoms. The fourth-order valence-electron chi connectivity index (χ4n) is 2.70.